The van der Waals surface area contributed by atoms with Crippen LogP contribution in [0.3, 0.4) is 0 Å². The number of nitrogens with two attached hydrogens (primary N) is 1. The van der Waals surface area contributed by atoms with Gasteiger partial charge in [0.05, 0.1) is 0 Å². The zero-order valence-electron chi connectivity index (χ0n) is 16.9. The number of aryl methyl sites for hydroxylation is 1. The first-order valence-electron chi connectivity index (χ1n) is 9.62. The van der Waals surface area contributed by atoms with E-state index in [4.69, 9.17) is 17.0 Å². The third kappa shape index (κ3) is 5.88. The first-order chi connectivity index (χ1) is 13.6. The molecular weight excluding hydrogens is 394 g/mol. The molecule has 8 heteroatoms. The summed E-state index contributed by atoms with van der Waals surface area (Å²) in [7, 11) is 0. The van der Waals surface area contributed by atoms with E-state index < -0.39 is 23.5 Å². The van der Waals surface area contributed by atoms with Gasteiger partial charge in [0.25, 0.3) is 0 Å². The second-order valence-electron chi connectivity index (χ2n) is 8.02. The van der Waals surface area contributed by atoms with Gasteiger partial charge in [-0.25, -0.2) is 0 Å². The molecule has 1 aliphatic rings. The highest BCUT2D eigenvalue weighted by atomic mass is 35.5. The maximum absolute atomic E-state index is 11.8. The number of aliphatic carboxylic acids is 2. The fourth-order valence-corrected chi connectivity index (χ4v) is 4.13. The van der Waals surface area contributed by atoms with E-state index in [0.717, 1.165) is 17.3 Å². The number of carbonyl (C=O) groups is 2. The minimum atomic E-state index is -1.20. The molecule has 0 saturated heterocycles. The summed E-state index contributed by atoms with van der Waals surface area (Å²) in [4.78, 5) is 23.7. The van der Waals surface area contributed by atoms with Crippen molar-refractivity contribution in [2.45, 2.75) is 51.7 Å². The van der Waals surface area contributed by atoms with Crippen molar-refractivity contribution in [1.29, 1.82) is 5.41 Å². The third-order valence-electron chi connectivity index (χ3n) is 5.37. The minimum Gasteiger partial charge on any atom is -0.480 e. The molecule has 0 amide bonds. The van der Waals surface area contributed by atoms with Gasteiger partial charge in [0.1, 0.15) is 23.8 Å². The number of carboxylic acid groups (broad SMARTS) is 2. The van der Waals surface area contributed by atoms with Crippen molar-refractivity contribution in [3.8, 4) is 0 Å². The first-order valence-corrected chi connectivity index (χ1v) is 9.99. The van der Waals surface area contributed by atoms with E-state index in [1.165, 1.54) is 6.08 Å². The molecular formula is C21H29ClN3O4+. The Morgan fingerprint density at radius 2 is 2.07 bits per heavy atom. The van der Waals surface area contributed by atoms with Gasteiger partial charge < -0.3 is 20.9 Å². The maximum Gasteiger partial charge on any atom is 0.324 e. The lowest BCUT2D eigenvalue weighted by Gasteiger charge is -2.22. The number of benzene rings is 1. The van der Waals surface area contributed by atoms with Crippen LogP contribution in [0, 0.1) is 24.2 Å². The number of carboxylic acids is 2. The lowest BCUT2D eigenvalue weighted by Crippen LogP contribution is -2.81. The molecule has 0 spiro atoms. The Kier molecular flexibility index (Phi) is 7.57. The van der Waals surface area contributed by atoms with Crippen LogP contribution >= 0.6 is 11.6 Å². The Morgan fingerprint density at radius 1 is 1.38 bits per heavy atom. The van der Waals surface area contributed by atoms with Crippen molar-refractivity contribution < 1.29 is 25.1 Å². The van der Waals surface area contributed by atoms with E-state index in [0.29, 0.717) is 23.7 Å². The number of allylic oxidation sites excluding steroid dienone is 1. The van der Waals surface area contributed by atoms with Crippen molar-refractivity contribution in [2.75, 3.05) is 0 Å². The number of hydrogen-bond acceptors (Lipinski definition) is 4. The lowest BCUT2D eigenvalue weighted by atomic mass is 10.0. The zero-order valence-corrected chi connectivity index (χ0v) is 17.7. The van der Waals surface area contributed by atoms with Crippen LogP contribution in [0.2, 0.25) is 5.02 Å². The molecule has 0 heterocycles. The highest BCUT2D eigenvalue weighted by Gasteiger charge is 2.62. The van der Waals surface area contributed by atoms with Crippen molar-refractivity contribution in [3.63, 3.8) is 0 Å². The fraction of sp³-hybridized carbons (Fsp3) is 0.476. The summed E-state index contributed by atoms with van der Waals surface area (Å²) in [5, 5.41) is 32.1. The SMILES string of the molecule is Cc1cc(Cl)cc(C[NH2+]/C(=C\C=N)C[C@H](N[C@]2(C(=O)O)C[C@H]2C(C)C)C(=O)O)c1. The van der Waals surface area contributed by atoms with Crippen LogP contribution in [0.4, 0.5) is 0 Å². The highest BCUT2D eigenvalue weighted by molar-refractivity contribution is 6.30. The second-order valence-corrected chi connectivity index (χ2v) is 8.46. The topological polar surface area (TPSA) is 127 Å². The predicted octanol–water partition coefficient (Wildman–Crippen LogP) is 2.18. The van der Waals surface area contributed by atoms with Gasteiger partial charge in [-0.1, -0.05) is 31.5 Å². The molecule has 3 atom stereocenters. The molecule has 1 fully saturated rings. The number of nitrogens with one attached hydrogen (secondary N) is 2. The van der Waals surface area contributed by atoms with Crippen LogP contribution in [0.1, 0.15) is 37.8 Å². The summed E-state index contributed by atoms with van der Waals surface area (Å²) in [5.41, 5.74) is 1.46. The molecule has 29 heavy (non-hydrogen) atoms. The summed E-state index contributed by atoms with van der Waals surface area (Å²) in [5.74, 6) is -2.08. The molecule has 0 radical (unpaired) electrons. The Morgan fingerprint density at radius 3 is 2.55 bits per heavy atom. The van der Waals surface area contributed by atoms with E-state index in [-0.39, 0.29) is 18.3 Å². The molecule has 0 aromatic heterocycles. The molecule has 0 unspecified atom stereocenters. The lowest BCUT2D eigenvalue weighted by molar-refractivity contribution is -0.625. The molecule has 6 N–H and O–H groups in total. The predicted molar refractivity (Wildman–Crippen MR) is 111 cm³/mol. The van der Waals surface area contributed by atoms with Crippen molar-refractivity contribution in [3.05, 3.63) is 46.1 Å². The summed E-state index contributed by atoms with van der Waals surface area (Å²) >= 11 is 6.09. The fourth-order valence-electron chi connectivity index (χ4n) is 3.82. The summed E-state index contributed by atoms with van der Waals surface area (Å²) in [6.45, 7) is 6.36. The molecule has 0 aliphatic heterocycles. The van der Waals surface area contributed by atoms with Gasteiger partial charge in [-0.2, -0.15) is 0 Å². The quantitative estimate of drug-likeness (QED) is 0.349. The van der Waals surface area contributed by atoms with E-state index in [1.807, 2.05) is 44.3 Å². The zero-order chi connectivity index (χ0) is 21.8. The van der Waals surface area contributed by atoms with Gasteiger partial charge in [0, 0.05) is 29.3 Å². The highest BCUT2D eigenvalue weighted by Crippen LogP contribution is 2.49. The molecule has 1 aliphatic carbocycles. The molecule has 2 rings (SSSR count). The van der Waals surface area contributed by atoms with Crippen molar-refractivity contribution in [1.82, 2.24) is 5.32 Å². The largest absolute Gasteiger partial charge is 0.480 e. The third-order valence-corrected chi connectivity index (χ3v) is 5.59. The van der Waals surface area contributed by atoms with Crippen LogP contribution in [0.15, 0.2) is 30.0 Å². The van der Waals surface area contributed by atoms with Gasteiger partial charge in [0.2, 0.25) is 0 Å². The summed E-state index contributed by atoms with van der Waals surface area (Å²) < 4.78 is 0. The molecule has 1 aromatic rings. The first kappa shape index (κ1) is 23.1. The molecule has 7 nitrogen and oxygen atoms in total. The van der Waals surface area contributed by atoms with Gasteiger partial charge >= 0.3 is 11.9 Å². The molecule has 0 bridgehead atoms. The van der Waals surface area contributed by atoms with Crippen LogP contribution in [0.5, 0.6) is 0 Å². The van der Waals surface area contributed by atoms with E-state index in [9.17, 15) is 19.8 Å². The number of hydrogen-bond donors (Lipinski definition) is 5. The standard InChI is InChI=1S/C21H28ClN3O4/c1-12(2)17-10-21(17,20(28)29)25-18(19(26)27)9-16(4-5-23)24-11-14-6-13(3)7-15(22)8-14/h4-8,12,17-18,23-25H,9-11H2,1-3H3,(H,26,27)(H,28,29)/p+1/b16-4-,23-5?/t17-,18-,21+/m0/s1. The Balaban J connectivity index is 2.11. The van der Waals surface area contributed by atoms with Crippen LogP contribution < -0.4 is 10.6 Å². The second kappa shape index (κ2) is 9.52. The van der Waals surface area contributed by atoms with Gasteiger partial charge in [-0.05, 0) is 42.9 Å². The van der Waals surface area contributed by atoms with Gasteiger partial charge in [-0.3, -0.25) is 14.9 Å². The van der Waals surface area contributed by atoms with Gasteiger partial charge in [-0.15, -0.1) is 0 Å². The molecule has 1 aromatic carbocycles. The number of quaternary nitrogens is 1. The van der Waals surface area contributed by atoms with Crippen molar-refractivity contribution >= 4 is 29.8 Å². The molecule has 1 saturated carbocycles. The smallest absolute Gasteiger partial charge is 0.324 e. The summed E-state index contributed by atoms with van der Waals surface area (Å²) in [6, 6.07) is 4.64. The molecule has 158 valence electrons. The average Bonchev–Trinajstić information content (AvgIpc) is 3.34. The Hall–Kier alpha value is -2.22. The monoisotopic (exact) mass is 422 g/mol. The van der Waals surface area contributed by atoms with E-state index in [1.54, 1.807) is 0 Å². The Labute approximate surface area is 175 Å². The average molecular weight is 423 g/mol. The summed E-state index contributed by atoms with van der Waals surface area (Å²) in [6.07, 6.45) is 3.15. The van der Waals surface area contributed by atoms with E-state index >= 15 is 0 Å². The van der Waals surface area contributed by atoms with Crippen molar-refractivity contribution in [2.24, 2.45) is 11.8 Å². The number of halogens is 1. The van der Waals surface area contributed by atoms with Crippen LogP contribution in [0.25, 0.3) is 0 Å². The maximum atomic E-state index is 11.8. The number of rotatable bonds is 11. The van der Waals surface area contributed by atoms with E-state index in [2.05, 4.69) is 5.32 Å². The Bertz CT molecular complexity index is 804. The minimum absolute atomic E-state index is 0.0874. The van der Waals surface area contributed by atoms with Gasteiger partial charge in [0.15, 0.2) is 0 Å². The van der Waals surface area contributed by atoms with Crippen LogP contribution in [-0.2, 0) is 16.1 Å². The normalized spacial score (nSPS) is 22.4. The van der Waals surface area contributed by atoms with Crippen LogP contribution in [-0.4, -0.2) is 39.9 Å².